The zero-order valence-corrected chi connectivity index (χ0v) is 24.1. The Hall–Kier alpha value is 3.10. The third kappa shape index (κ3) is 30.9. The fourth-order valence-corrected chi connectivity index (χ4v) is 2.00. The normalized spacial score (nSPS) is 6.36. The van der Waals surface area contributed by atoms with Crippen molar-refractivity contribution < 1.29 is 105 Å². The van der Waals surface area contributed by atoms with E-state index >= 15 is 0 Å². The van der Waals surface area contributed by atoms with Crippen molar-refractivity contribution in [3.8, 4) is 0 Å². The van der Waals surface area contributed by atoms with Crippen molar-refractivity contribution in [3.05, 3.63) is 0 Å². The maximum atomic E-state index is 4.76. The second-order valence-electron chi connectivity index (χ2n) is 2.88. The molecular weight excluding hydrogens is 393 g/mol. The first kappa shape index (κ1) is 49.9. The molecule has 0 aliphatic heterocycles. The van der Waals surface area contributed by atoms with Gasteiger partial charge in [0, 0.05) is 26.2 Å². The summed E-state index contributed by atoms with van der Waals surface area (Å²) in [6, 6.07) is 0. The van der Waals surface area contributed by atoms with Crippen molar-refractivity contribution in [2.24, 2.45) is 0 Å². The van der Waals surface area contributed by atoms with E-state index in [0.29, 0.717) is 8.64 Å². The topological polar surface area (TPSA) is 101 Å². The van der Waals surface area contributed by atoms with Gasteiger partial charge >= 0.3 is 88.7 Å². The van der Waals surface area contributed by atoms with E-state index in [0.717, 1.165) is 26.2 Å². The van der Waals surface area contributed by atoms with Gasteiger partial charge in [0.25, 0.3) is 0 Å². The van der Waals surface area contributed by atoms with Crippen LogP contribution in [0, 0.1) is 0 Å². The third-order valence-electron chi connectivity index (χ3n) is 2.04. The number of hydrogen-bond donors (Lipinski definition) is 0. The van der Waals surface area contributed by atoms with Crippen LogP contribution in [-0.2, 0) is 25.3 Å². The molecule has 0 saturated carbocycles. The Morgan fingerprint density at radius 2 is 0.773 bits per heavy atom. The van der Waals surface area contributed by atoms with Crippen LogP contribution in [0.3, 0.4) is 0 Å². The van der Waals surface area contributed by atoms with E-state index in [4.69, 9.17) is 49.7 Å². The number of nitrogens with zero attached hydrogens (tertiary/aromatic N) is 2. The molecule has 0 aliphatic rings. The van der Waals surface area contributed by atoms with Crippen molar-refractivity contribution in [2.75, 3.05) is 26.2 Å². The molecule has 0 aromatic heterocycles. The van der Waals surface area contributed by atoms with Gasteiger partial charge in [0.2, 0.25) is 0 Å². The molecule has 0 spiro atoms. The molecule has 0 aromatic carbocycles. The Kier molecular flexibility index (Phi) is 79.9. The maximum Gasteiger partial charge on any atom is 1.00 e. The van der Waals surface area contributed by atoms with E-state index in [1.165, 1.54) is 0 Å². The van der Waals surface area contributed by atoms with Gasteiger partial charge in [-0.05, 0) is 27.7 Å². The van der Waals surface area contributed by atoms with E-state index < -0.39 is 0 Å². The Morgan fingerprint density at radius 1 is 0.636 bits per heavy atom. The van der Waals surface area contributed by atoms with Gasteiger partial charge in [-0.15, -0.1) is 0 Å². The smallest absolute Gasteiger partial charge is 0.412 e. The zero-order valence-electron chi connectivity index (χ0n) is 14.9. The van der Waals surface area contributed by atoms with Crippen molar-refractivity contribution >= 4 is 58.3 Å². The van der Waals surface area contributed by atoms with Gasteiger partial charge in [0.05, 0.1) is 0 Å². The van der Waals surface area contributed by atoms with Crippen molar-refractivity contribution in [1.82, 2.24) is 9.80 Å². The minimum absolute atomic E-state index is 0. The largest absolute Gasteiger partial charge is 1.00 e. The standard InChI is InChI=1S/2C5H11NS2.3Na.3H2O/c2*1-3-6(4-2)5(7)8;;;;;;/h2*3-4H2,1-2H3,(H,7,8);;;;3*1H2/q;;3*+1;;;/p-2. The van der Waals surface area contributed by atoms with E-state index in [9.17, 15) is 0 Å². The van der Waals surface area contributed by atoms with Crippen LogP contribution >= 0.6 is 24.4 Å². The summed E-state index contributed by atoms with van der Waals surface area (Å²) in [6.45, 7) is 11.9. The average Bonchev–Trinajstić information content (AvgIpc) is 2.21. The van der Waals surface area contributed by atoms with Crippen LogP contribution in [0.4, 0.5) is 0 Å². The van der Waals surface area contributed by atoms with Gasteiger partial charge in [-0.1, -0.05) is 8.64 Å². The summed E-state index contributed by atoms with van der Waals surface area (Å²) in [6.07, 6.45) is 0. The monoisotopic (exact) mass is 419 g/mol. The second kappa shape index (κ2) is 35.3. The first-order valence-electron chi connectivity index (χ1n) is 5.36. The Morgan fingerprint density at radius 3 is 0.773 bits per heavy atom. The van der Waals surface area contributed by atoms with E-state index in [1.54, 1.807) is 0 Å². The number of rotatable bonds is 4. The quantitative estimate of drug-likeness (QED) is 0.255. The molecule has 0 rings (SSSR count). The molecule has 120 valence electrons. The summed E-state index contributed by atoms with van der Waals surface area (Å²) in [4.78, 5) is 3.93. The molecule has 0 heterocycles. The van der Waals surface area contributed by atoms with Crippen LogP contribution < -0.4 is 88.7 Å². The van der Waals surface area contributed by atoms with E-state index in [-0.39, 0.29) is 105 Å². The van der Waals surface area contributed by atoms with Gasteiger partial charge in [0.1, 0.15) is 0 Å². The van der Waals surface area contributed by atoms with Gasteiger partial charge in [-0.3, -0.25) is 0 Å². The van der Waals surface area contributed by atoms with Crippen LogP contribution in [0.1, 0.15) is 27.7 Å². The maximum absolute atomic E-state index is 4.76. The molecular formula is C10H26N2Na3O3S4+. The Bertz CT molecular complexity index is 204. The summed E-state index contributed by atoms with van der Waals surface area (Å²) in [5, 5.41) is 0. The summed E-state index contributed by atoms with van der Waals surface area (Å²) < 4.78 is 1.16. The van der Waals surface area contributed by atoms with Crippen LogP contribution in [0.5, 0.6) is 0 Å². The SMILES string of the molecule is CCN(CC)C(=S)[S-].CCN(CC)C(=S)[S-].O.O.O.[Na+].[Na+].[Na+]. The fourth-order valence-electron chi connectivity index (χ4n) is 0.964. The molecule has 0 bridgehead atoms. The predicted molar refractivity (Wildman–Crippen MR) is 96.6 cm³/mol. The van der Waals surface area contributed by atoms with Gasteiger partial charge in [0.15, 0.2) is 0 Å². The molecule has 0 fully saturated rings. The molecule has 6 N–H and O–H groups in total. The zero-order chi connectivity index (χ0) is 13.1. The first-order valence-corrected chi connectivity index (χ1v) is 6.99. The molecule has 12 heteroatoms. The Balaban J connectivity index is -0.0000000233. The van der Waals surface area contributed by atoms with Crippen molar-refractivity contribution in [1.29, 1.82) is 0 Å². The summed E-state index contributed by atoms with van der Waals surface area (Å²) in [5.74, 6) is 0. The molecule has 0 amide bonds. The van der Waals surface area contributed by atoms with Crippen LogP contribution in [-0.4, -0.2) is 61.0 Å². The number of thiocarbonyl (C=S) groups is 2. The summed E-state index contributed by atoms with van der Waals surface area (Å²) in [7, 11) is 0. The molecule has 22 heavy (non-hydrogen) atoms. The third-order valence-corrected chi connectivity index (χ3v) is 3.08. The summed E-state index contributed by atoms with van der Waals surface area (Å²) in [5.41, 5.74) is 0. The predicted octanol–water partition coefficient (Wildman–Crippen LogP) is -9.14. The molecule has 0 saturated heterocycles. The van der Waals surface area contributed by atoms with Crippen molar-refractivity contribution in [3.63, 3.8) is 0 Å². The van der Waals surface area contributed by atoms with Crippen molar-refractivity contribution in [2.45, 2.75) is 27.7 Å². The second-order valence-corrected chi connectivity index (χ2v) is 4.94. The van der Waals surface area contributed by atoms with E-state index in [2.05, 4.69) is 0 Å². The van der Waals surface area contributed by atoms with Gasteiger partial charge in [-0.25, -0.2) is 0 Å². The van der Waals surface area contributed by atoms with Crippen LogP contribution in [0.2, 0.25) is 0 Å². The molecule has 5 nitrogen and oxygen atoms in total. The molecule has 0 aromatic rings. The fraction of sp³-hybridized carbons (Fsp3) is 0.800. The molecule has 0 aliphatic carbocycles. The number of hydrogen-bond acceptors (Lipinski definition) is 4. The van der Waals surface area contributed by atoms with Gasteiger partial charge < -0.3 is 75.9 Å². The first-order chi connectivity index (χ1) is 7.44. The van der Waals surface area contributed by atoms with Gasteiger partial charge in [-0.2, -0.15) is 0 Å². The summed E-state index contributed by atoms with van der Waals surface area (Å²) >= 11 is 19.0. The molecule has 0 unspecified atom stereocenters. The average molecular weight is 420 g/mol. The molecule has 0 atom stereocenters. The molecule has 0 radical (unpaired) electrons. The van der Waals surface area contributed by atoms with Crippen LogP contribution in [0.25, 0.3) is 0 Å². The van der Waals surface area contributed by atoms with E-state index in [1.807, 2.05) is 37.5 Å². The minimum atomic E-state index is 0. The Labute approximate surface area is 223 Å². The van der Waals surface area contributed by atoms with Crippen LogP contribution in [0.15, 0.2) is 0 Å². The minimum Gasteiger partial charge on any atom is -0.412 e.